The van der Waals surface area contributed by atoms with Crippen LogP contribution in [0.3, 0.4) is 0 Å². The summed E-state index contributed by atoms with van der Waals surface area (Å²) in [6.45, 7) is 7.39. The second-order valence-electron chi connectivity index (χ2n) is 6.20. The zero-order valence-electron chi connectivity index (χ0n) is 12.0. The fraction of sp³-hybridized carbons (Fsp3) is 0.562. The molecule has 0 aromatic heterocycles. The number of carbonyl (C=O) groups is 1. The van der Waals surface area contributed by atoms with Crippen LogP contribution in [0, 0.1) is 5.41 Å². The summed E-state index contributed by atoms with van der Waals surface area (Å²) in [5, 5.41) is 3.31. The number of ether oxygens (including phenoxy) is 1. The van der Waals surface area contributed by atoms with E-state index in [0.717, 1.165) is 19.5 Å². The lowest BCUT2D eigenvalue weighted by Gasteiger charge is -2.33. The lowest BCUT2D eigenvalue weighted by atomic mass is 9.87. The first-order chi connectivity index (χ1) is 8.98. The summed E-state index contributed by atoms with van der Waals surface area (Å²) in [7, 11) is 0. The molecule has 0 amide bonds. The fourth-order valence-electron chi connectivity index (χ4n) is 2.35. The molecule has 2 rings (SSSR count). The molecule has 0 bridgehead atoms. The maximum atomic E-state index is 12.1. The summed E-state index contributed by atoms with van der Waals surface area (Å²) in [5.41, 5.74) is 0.814. The van der Waals surface area contributed by atoms with Crippen molar-refractivity contribution in [2.45, 2.75) is 39.2 Å². The highest BCUT2D eigenvalue weighted by atomic mass is 16.5. The van der Waals surface area contributed by atoms with Gasteiger partial charge in [-0.05, 0) is 39.3 Å². The largest absolute Gasteiger partial charge is 0.460 e. The standard InChI is InChI=1S/C16H23NO2/c1-16(2,3)15(18)19-14-11-17-10-9-13(14)12-7-5-4-6-8-12/h4-8,13-14,17H,9-11H2,1-3H3. The highest BCUT2D eigenvalue weighted by Crippen LogP contribution is 2.29. The van der Waals surface area contributed by atoms with Gasteiger partial charge in [-0.25, -0.2) is 0 Å². The molecular weight excluding hydrogens is 238 g/mol. The van der Waals surface area contributed by atoms with Crippen molar-refractivity contribution < 1.29 is 9.53 Å². The number of rotatable bonds is 2. The van der Waals surface area contributed by atoms with Crippen LogP contribution in [0.4, 0.5) is 0 Å². The molecule has 19 heavy (non-hydrogen) atoms. The van der Waals surface area contributed by atoms with E-state index in [1.54, 1.807) is 0 Å². The molecule has 0 aliphatic carbocycles. The van der Waals surface area contributed by atoms with Crippen LogP contribution in [0.15, 0.2) is 30.3 Å². The Hall–Kier alpha value is -1.35. The molecule has 3 nitrogen and oxygen atoms in total. The Morgan fingerprint density at radius 3 is 2.58 bits per heavy atom. The summed E-state index contributed by atoms with van der Waals surface area (Å²) < 4.78 is 5.72. The van der Waals surface area contributed by atoms with Crippen LogP contribution in [-0.4, -0.2) is 25.2 Å². The van der Waals surface area contributed by atoms with Gasteiger partial charge in [-0.1, -0.05) is 30.3 Å². The predicted octanol–water partition coefficient (Wildman–Crippen LogP) is 2.72. The number of esters is 1. The number of nitrogens with one attached hydrogen (secondary N) is 1. The van der Waals surface area contributed by atoms with Crippen molar-refractivity contribution in [2.24, 2.45) is 5.41 Å². The van der Waals surface area contributed by atoms with Crippen molar-refractivity contribution in [1.82, 2.24) is 5.32 Å². The van der Waals surface area contributed by atoms with E-state index in [2.05, 4.69) is 17.4 Å². The van der Waals surface area contributed by atoms with Crippen molar-refractivity contribution in [2.75, 3.05) is 13.1 Å². The number of carbonyl (C=O) groups excluding carboxylic acids is 1. The third kappa shape index (κ3) is 3.57. The zero-order chi connectivity index (χ0) is 13.9. The maximum Gasteiger partial charge on any atom is 0.311 e. The highest BCUT2D eigenvalue weighted by Gasteiger charge is 2.33. The van der Waals surface area contributed by atoms with Crippen LogP contribution in [0.2, 0.25) is 0 Å². The fourth-order valence-corrected chi connectivity index (χ4v) is 2.35. The van der Waals surface area contributed by atoms with Crippen molar-refractivity contribution in [3.63, 3.8) is 0 Å². The van der Waals surface area contributed by atoms with Gasteiger partial charge in [-0.15, -0.1) is 0 Å². The third-order valence-electron chi connectivity index (χ3n) is 3.52. The quantitative estimate of drug-likeness (QED) is 0.832. The molecule has 2 unspecified atom stereocenters. The van der Waals surface area contributed by atoms with E-state index in [4.69, 9.17) is 4.74 Å². The Kier molecular flexibility index (Phi) is 4.25. The third-order valence-corrected chi connectivity index (χ3v) is 3.52. The van der Waals surface area contributed by atoms with E-state index < -0.39 is 5.41 Å². The smallest absolute Gasteiger partial charge is 0.311 e. The summed E-state index contributed by atoms with van der Waals surface area (Å²) in [6.07, 6.45) is 0.939. The van der Waals surface area contributed by atoms with Crippen LogP contribution in [0.25, 0.3) is 0 Å². The first kappa shape index (κ1) is 14.1. The number of hydrogen-bond acceptors (Lipinski definition) is 3. The SMILES string of the molecule is CC(C)(C)C(=O)OC1CNCCC1c1ccccc1. The Bertz CT molecular complexity index is 422. The molecule has 1 aromatic rings. The Balaban J connectivity index is 2.11. The van der Waals surface area contributed by atoms with Crippen molar-refractivity contribution in [1.29, 1.82) is 0 Å². The highest BCUT2D eigenvalue weighted by molar-refractivity contribution is 5.75. The van der Waals surface area contributed by atoms with Crippen LogP contribution < -0.4 is 5.32 Å². The minimum absolute atomic E-state index is 0.0668. The Morgan fingerprint density at radius 2 is 1.95 bits per heavy atom. The van der Waals surface area contributed by atoms with E-state index in [9.17, 15) is 4.79 Å². The molecule has 2 atom stereocenters. The first-order valence-electron chi connectivity index (χ1n) is 6.95. The topological polar surface area (TPSA) is 38.3 Å². The minimum Gasteiger partial charge on any atom is -0.460 e. The Labute approximate surface area is 115 Å². The summed E-state index contributed by atoms with van der Waals surface area (Å²) in [5.74, 6) is 0.177. The van der Waals surface area contributed by atoms with Gasteiger partial charge in [0.05, 0.1) is 5.41 Å². The van der Waals surface area contributed by atoms with E-state index in [1.165, 1.54) is 5.56 Å². The second-order valence-corrected chi connectivity index (χ2v) is 6.20. The number of hydrogen-bond donors (Lipinski definition) is 1. The van der Waals surface area contributed by atoms with Gasteiger partial charge in [-0.3, -0.25) is 4.79 Å². The van der Waals surface area contributed by atoms with Gasteiger partial charge in [0.25, 0.3) is 0 Å². The van der Waals surface area contributed by atoms with Crippen molar-refractivity contribution in [3.8, 4) is 0 Å². The predicted molar refractivity (Wildman–Crippen MR) is 76.0 cm³/mol. The van der Waals surface area contributed by atoms with Crippen LogP contribution in [0.5, 0.6) is 0 Å². The lowest BCUT2D eigenvalue weighted by molar-refractivity contribution is -0.160. The first-order valence-corrected chi connectivity index (χ1v) is 6.95. The molecule has 0 spiro atoms. The molecule has 1 fully saturated rings. The molecule has 1 N–H and O–H groups in total. The van der Waals surface area contributed by atoms with Crippen molar-refractivity contribution in [3.05, 3.63) is 35.9 Å². The summed E-state index contributed by atoms with van der Waals surface area (Å²) in [6, 6.07) is 10.3. The average molecular weight is 261 g/mol. The molecule has 0 radical (unpaired) electrons. The van der Waals surface area contributed by atoms with Gasteiger partial charge in [0.2, 0.25) is 0 Å². The van der Waals surface area contributed by atoms with Gasteiger partial charge < -0.3 is 10.1 Å². The molecular formula is C16H23NO2. The summed E-state index contributed by atoms with van der Waals surface area (Å²) in [4.78, 5) is 12.1. The van der Waals surface area contributed by atoms with Gasteiger partial charge >= 0.3 is 5.97 Å². The minimum atomic E-state index is -0.446. The zero-order valence-corrected chi connectivity index (χ0v) is 12.0. The molecule has 3 heteroatoms. The molecule has 0 saturated carbocycles. The molecule has 1 heterocycles. The van der Waals surface area contributed by atoms with Crippen LogP contribution >= 0.6 is 0 Å². The molecule has 104 valence electrons. The summed E-state index contributed by atoms with van der Waals surface area (Å²) >= 11 is 0. The van der Waals surface area contributed by atoms with Crippen molar-refractivity contribution >= 4 is 5.97 Å². The molecule has 1 saturated heterocycles. The van der Waals surface area contributed by atoms with E-state index >= 15 is 0 Å². The van der Waals surface area contributed by atoms with Crippen LogP contribution in [-0.2, 0) is 9.53 Å². The maximum absolute atomic E-state index is 12.1. The van der Waals surface area contributed by atoms with Gasteiger partial charge in [0, 0.05) is 12.5 Å². The monoisotopic (exact) mass is 261 g/mol. The van der Waals surface area contributed by atoms with E-state index in [-0.39, 0.29) is 12.1 Å². The van der Waals surface area contributed by atoms with Gasteiger partial charge in [0.15, 0.2) is 0 Å². The lowest BCUT2D eigenvalue weighted by Crippen LogP contribution is -2.43. The molecule has 1 aliphatic rings. The average Bonchev–Trinajstić information content (AvgIpc) is 2.39. The second kappa shape index (κ2) is 5.74. The molecule has 1 aliphatic heterocycles. The molecule has 1 aromatic carbocycles. The Morgan fingerprint density at radius 1 is 1.26 bits per heavy atom. The number of piperidine rings is 1. The van der Waals surface area contributed by atoms with Crippen LogP contribution in [0.1, 0.15) is 38.7 Å². The van der Waals surface area contributed by atoms with Gasteiger partial charge in [0.1, 0.15) is 6.10 Å². The van der Waals surface area contributed by atoms with E-state index in [0.29, 0.717) is 5.92 Å². The van der Waals surface area contributed by atoms with E-state index in [1.807, 2.05) is 39.0 Å². The number of benzene rings is 1. The normalized spacial score (nSPS) is 23.9. The van der Waals surface area contributed by atoms with Gasteiger partial charge in [-0.2, -0.15) is 0 Å².